The summed E-state index contributed by atoms with van der Waals surface area (Å²) in [6.45, 7) is 5.11. The van der Waals surface area contributed by atoms with E-state index in [1.165, 1.54) is 0 Å². The van der Waals surface area contributed by atoms with Gasteiger partial charge in [0.15, 0.2) is 0 Å². The molecule has 0 aliphatic carbocycles. The normalized spacial score (nSPS) is 11.5. The number of hydrogen-bond acceptors (Lipinski definition) is 5. The summed E-state index contributed by atoms with van der Waals surface area (Å²) in [5, 5.41) is 0. The Hall–Kier alpha value is -2.35. The molecule has 3 N–H and O–H groups in total. The van der Waals surface area contributed by atoms with Gasteiger partial charge in [0.2, 0.25) is 0 Å². The Balaban J connectivity index is 0.00000408. The summed E-state index contributed by atoms with van der Waals surface area (Å²) < 4.78 is 12.3. The molecule has 0 saturated carbocycles. The number of H-pyrrole nitrogens is 1. The van der Waals surface area contributed by atoms with Crippen molar-refractivity contribution < 1.29 is 14.3 Å². The molecule has 3 rings (SSSR count). The summed E-state index contributed by atoms with van der Waals surface area (Å²) in [6, 6.07) is 13.2. The molecule has 1 unspecified atom stereocenters. The number of hydrogen-bond donors (Lipinski definition) is 2. The molecule has 34 heavy (non-hydrogen) atoms. The highest BCUT2D eigenvalue weighted by Gasteiger charge is 2.18. The summed E-state index contributed by atoms with van der Waals surface area (Å²) in [7, 11) is 0. The van der Waals surface area contributed by atoms with Gasteiger partial charge in [0.05, 0.1) is 18.9 Å². The second kappa shape index (κ2) is 14.1. The smallest absolute Gasteiger partial charge is 0.341 e. The van der Waals surface area contributed by atoms with Crippen LogP contribution < -0.4 is 10.5 Å². The second-order valence-electron chi connectivity index (χ2n) is 8.00. The zero-order chi connectivity index (χ0) is 23.6. The van der Waals surface area contributed by atoms with Crippen molar-refractivity contribution in [2.75, 3.05) is 13.2 Å². The lowest BCUT2D eigenvalue weighted by Crippen LogP contribution is -2.16. The van der Waals surface area contributed by atoms with Crippen LogP contribution in [0, 0.1) is 0 Å². The lowest BCUT2D eigenvalue weighted by atomic mass is 10.0. The minimum absolute atomic E-state index is 0. The van der Waals surface area contributed by atoms with Crippen LogP contribution in [0.5, 0.6) is 5.75 Å². The van der Waals surface area contributed by atoms with Crippen LogP contribution in [0.3, 0.4) is 0 Å². The Bertz CT molecular complexity index is 1040. The SMILES string of the molecule is CCCCOC(=O)c1cc(C(N)Cc2nc(-c3ccc(Br)cc3)c[nH]2)ccc1OCCCC.Cl. The largest absolute Gasteiger partial charge is 0.493 e. The van der Waals surface area contributed by atoms with Gasteiger partial charge in [0.1, 0.15) is 17.1 Å². The number of halogens is 2. The van der Waals surface area contributed by atoms with E-state index in [1.54, 1.807) is 6.07 Å². The predicted octanol–water partition coefficient (Wildman–Crippen LogP) is 6.64. The van der Waals surface area contributed by atoms with Crippen molar-refractivity contribution in [3.63, 3.8) is 0 Å². The minimum Gasteiger partial charge on any atom is -0.493 e. The molecular formula is C26H33BrClN3O3. The van der Waals surface area contributed by atoms with Crippen LogP contribution in [0.1, 0.15) is 67.3 Å². The third kappa shape index (κ3) is 7.86. The molecule has 6 nitrogen and oxygen atoms in total. The summed E-state index contributed by atoms with van der Waals surface area (Å²) in [4.78, 5) is 20.6. The van der Waals surface area contributed by atoms with Crippen molar-refractivity contribution in [1.29, 1.82) is 0 Å². The first kappa shape index (κ1) is 27.9. The van der Waals surface area contributed by atoms with Gasteiger partial charge in [-0.15, -0.1) is 12.4 Å². The Kier molecular flexibility index (Phi) is 11.6. The molecule has 0 spiro atoms. The molecule has 0 aliphatic rings. The Morgan fingerprint density at radius 2 is 1.79 bits per heavy atom. The number of carbonyl (C=O) groups excluding carboxylic acids is 1. The van der Waals surface area contributed by atoms with Gasteiger partial charge in [-0.25, -0.2) is 9.78 Å². The lowest BCUT2D eigenvalue weighted by Gasteiger charge is -2.16. The van der Waals surface area contributed by atoms with Crippen molar-refractivity contribution in [2.24, 2.45) is 5.73 Å². The van der Waals surface area contributed by atoms with E-state index in [1.807, 2.05) is 42.6 Å². The van der Waals surface area contributed by atoms with Gasteiger partial charge in [-0.1, -0.05) is 60.8 Å². The van der Waals surface area contributed by atoms with Crippen molar-refractivity contribution in [3.8, 4) is 17.0 Å². The first-order valence-corrected chi connectivity index (χ1v) is 12.3. The van der Waals surface area contributed by atoms with Gasteiger partial charge in [-0.2, -0.15) is 0 Å². The van der Waals surface area contributed by atoms with Crippen molar-refractivity contribution in [2.45, 2.75) is 52.0 Å². The van der Waals surface area contributed by atoms with E-state index in [4.69, 9.17) is 15.2 Å². The van der Waals surface area contributed by atoms with Gasteiger partial charge in [-0.3, -0.25) is 0 Å². The molecule has 0 bridgehead atoms. The quantitative estimate of drug-likeness (QED) is 0.195. The summed E-state index contributed by atoms with van der Waals surface area (Å²) in [6.07, 6.45) is 6.12. The Labute approximate surface area is 216 Å². The van der Waals surface area contributed by atoms with Crippen molar-refractivity contribution >= 4 is 34.3 Å². The molecule has 8 heteroatoms. The van der Waals surface area contributed by atoms with Crippen LogP contribution in [0.25, 0.3) is 11.3 Å². The van der Waals surface area contributed by atoms with E-state index in [0.717, 1.165) is 52.8 Å². The number of benzene rings is 2. The van der Waals surface area contributed by atoms with Gasteiger partial charge >= 0.3 is 5.97 Å². The average Bonchev–Trinajstić information content (AvgIpc) is 3.28. The van der Waals surface area contributed by atoms with E-state index in [0.29, 0.717) is 30.9 Å². The first-order valence-electron chi connectivity index (χ1n) is 11.5. The average molecular weight is 551 g/mol. The van der Waals surface area contributed by atoms with Gasteiger partial charge < -0.3 is 20.2 Å². The number of nitrogens with one attached hydrogen (secondary N) is 1. The molecule has 0 fully saturated rings. The van der Waals surface area contributed by atoms with Gasteiger partial charge in [0.25, 0.3) is 0 Å². The third-order valence-corrected chi connectivity index (χ3v) is 5.85. The number of nitrogens with zero attached hydrogens (tertiary/aromatic N) is 1. The number of aromatic nitrogens is 2. The molecule has 2 aromatic carbocycles. The minimum atomic E-state index is -0.375. The maximum absolute atomic E-state index is 12.7. The molecule has 3 aromatic rings. The molecule has 0 aliphatic heterocycles. The van der Waals surface area contributed by atoms with Crippen molar-refractivity contribution in [3.05, 3.63) is 70.1 Å². The highest BCUT2D eigenvalue weighted by Crippen LogP contribution is 2.26. The molecular weight excluding hydrogens is 518 g/mol. The van der Waals surface area contributed by atoms with Gasteiger partial charge in [0, 0.05) is 28.7 Å². The maximum Gasteiger partial charge on any atom is 0.341 e. The fraction of sp³-hybridized carbons (Fsp3) is 0.385. The molecule has 184 valence electrons. The van der Waals surface area contributed by atoms with E-state index in [9.17, 15) is 4.79 Å². The predicted molar refractivity (Wildman–Crippen MR) is 142 cm³/mol. The molecule has 0 amide bonds. The highest BCUT2D eigenvalue weighted by molar-refractivity contribution is 9.10. The fourth-order valence-electron chi connectivity index (χ4n) is 3.34. The number of rotatable bonds is 12. The van der Waals surface area contributed by atoms with Crippen LogP contribution in [-0.2, 0) is 11.2 Å². The van der Waals surface area contributed by atoms with Gasteiger partial charge in [-0.05, 0) is 42.7 Å². The van der Waals surface area contributed by atoms with E-state index in [-0.39, 0.29) is 24.4 Å². The summed E-state index contributed by atoms with van der Waals surface area (Å²) in [5.74, 6) is 0.951. The zero-order valence-electron chi connectivity index (χ0n) is 19.7. The monoisotopic (exact) mass is 549 g/mol. The highest BCUT2D eigenvalue weighted by atomic mass is 79.9. The first-order chi connectivity index (χ1) is 16.0. The number of imidazole rings is 1. The van der Waals surface area contributed by atoms with Crippen LogP contribution in [-0.4, -0.2) is 29.2 Å². The number of aromatic amines is 1. The van der Waals surface area contributed by atoms with E-state index in [2.05, 4.69) is 39.7 Å². The lowest BCUT2D eigenvalue weighted by molar-refractivity contribution is 0.0495. The number of unbranched alkanes of at least 4 members (excludes halogenated alkanes) is 2. The number of nitrogens with two attached hydrogens (primary N) is 1. The molecule has 1 aromatic heterocycles. The summed E-state index contributed by atoms with van der Waals surface area (Å²) in [5.41, 5.74) is 9.65. The molecule has 1 atom stereocenters. The maximum atomic E-state index is 12.7. The zero-order valence-corrected chi connectivity index (χ0v) is 22.1. The van der Waals surface area contributed by atoms with Crippen molar-refractivity contribution in [1.82, 2.24) is 9.97 Å². The van der Waals surface area contributed by atoms with Crippen LogP contribution in [0.4, 0.5) is 0 Å². The van der Waals surface area contributed by atoms with E-state index < -0.39 is 0 Å². The third-order valence-electron chi connectivity index (χ3n) is 5.32. The van der Waals surface area contributed by atoms with Crippen LogP contribution in [0.2, 0.25) is 0 Å². The van der Waals surface area contributed by atoms with E-state index >= 15 is 0 Å². The topological polar surface area (TPSA) is 90.2 Å². The fourth-order valence-corrected chi connectivity index (χ4v) is 3.60. The molecule has 1 heterocycles. The molecule has 0 radical (unpaired) electrons. The van der Waals surface area contributed by atoms with Crippen LogP contribution >= 0.6 is 28.3 Å². The standard InChI is InChI=1S/C26H32BrN3O3.ClH/c1-3-5-13-32-24-12-9-19(15-21(24)26(31)33-14-6-4-2)22(28)16-25-29-17-23(30-25)18-7-10-20(27)11-8-18;/h7-12,15,17,22H,3-6,13-14,16,28H2,1-2H3,(H,29,30);1H. The van der Waals surface area contributed by atoms with Crippen LogP contribution in [0.15, 0.2) is 53.1 Å². The number of ether oxygens (including phenoxy) is 2. The molecule has 0 saturated heterocycles. The Morgan fingerprint density at radius 3 is 2.50 bits per heavy atom. The summed E-state index contributed by atoms with van der Waals surface area (Å²) >= 11 is 3.45. The number of esters is 1. The second-order valence-corrected chi connectivity index (χ2v) is 8.91. The number of carbonyl (C=O) groups is 1. The Morgan fingerprint density at radius 1 is 1.09 bits per heavy atom.